The minimum absolute atomic E-state index is 0.127. The second kappa shape index (κ2) is 6.47. The van der Waals surface area contributed by atoms with Crippen LogP contribution in [0.3, 0.4) is 0 Å². The van der Waals surface area contributed by atoms with E-state index in [9.17, 15) is 4.79 Å². The second-order valence-corrected chi connectivity index (χ2v) is 3.61. The standard InChI is InChI=1S/C10H18N2O/c1-4-5-9(6-11)10(13)12-7-8(2)3/h8-9H,4-5,7H2,1-3H3,(H,12,13). The lowest BCUT2D eigenvalue weighted by Crippen LogP contribution is -2.32. The largest absolute Gasteiger partial charge is 0.355 e. The third kappa shape index (κ3) is 5.24. The van der Waals surface area contributed by atoms with E-state index < -0.39 is 5.92 Å². The van der Waals surface area contributed by atoms with Gasteiger partial charge in [0.1, 0.15) is 5.92 Å². The van der Waals surface area contributed by atoms with Gasteiger partial charge in [-0.3, -0.25) is 4.79 Å². The molecule has 74 valence electrons. The highest BCUT2D eigenvalue weighted by molar-refractivity contribution is 5.80. The van der Waals surface area contributed by atoms with Gasteiger partial charge in [0.2, 0.25) is 5.91 Å². The smallest absolute Gasteiger partial charge is 0.237 e. The number of amides is 1. The van der Waals surface area contributed by atoms with E-state index >= 15 is 0 Å². The van der Waals surface area contributed by atoms with Crippen molar-refractivity contribution in [3.63, 3.8) is 0 Å². The number of carbonyl (C=O) groups excluding carboxylic acids is 1. The van der Waals surface area contributed by atoms with E-state index in [2.05, 4.69) is 5.32 Å². The Kier molecular flexibility index (Phi) is 5.96. The van der Waals surface area contributed by atoms with E-state index in [1.807, 2.05) is 26.8 Å². The molecule has 0 heterocycles. The fourth-order valence-corrected chi connectivity index (χ4v) is 0.971. The minimum Gasteiger partial charge on any atom is -0.355 e. The Bertz CT molecular complexity index is 194. The van der Waals surface area contributed by atoms with E-state index in [-0.39, 0.29) is 5.91 Å². The minimum atomic E-state index is -0.469. The monoisotopic (exact) mass is 182 g/mol. The fourth-order valence-electron chi connectivity index (χ4n) is 0.971. The zero-order valence-corrected chi connectivity index (χ0v) is 8.63. The van der Waals surface area contributed by atoms with Gasteiger partial charge in [-0.25, -0.2) is 0 Å². The van der Waals surface area contributed by atoms with Crippen molar-refractivity contribution in [2.75, 3.05) is 6.54 Å². The van der Waals surface area contributed by atoms with Gasteiger partial charge in [0.05, 0.1) is 6.07 Å². The fraction of sp³-hybridized carbons (Fsp3) is 0.800. The van der Waals surface area contributed by atoms with Crippen molar-refractivity contribution in [1.29, 1.82) is 5.26 Å². The Hall–Kier alpha value is -1.04. The third-order valence-corrected chi connectivity index (χ3v) is 1.73. The second-order valence-electron chi connectivity index (χ2n) is 3.61. The molecule has 0 aliphatic rings. The van der Waals surface area contributed by atoms with E-state index in [1.54, 1.807) is 0 Å². The summed E-state index contributed by atoms with van der Waals surface area (Å²) in [5.74, 6) is -0.160. The maximum absolute atomic E-state index is 11.3. The van der Waals surface area contributed by atoms with Crippen molar-refractivity contribution in [1.82, 2.24) is 5.32 Å². The molecule has 13 heavy (non-hydrogen) atoms. The Labute approximate surface area is 80.1 Å². The van der Waals surface area contributed by atoms with Crippen molar-refractivity contribution in [3.05, 3.63) is 0 Å². The van der Waals surface area contributed by atoms with Gasteiger partial charge in [0, 0.05) is 6.54 Å². The first-order valence-electron chi connectivity index (χ1n) is 4.79. The van der Waals surface area contributed by atoms with Gasteiger partial charge < -0.3 is 5.32 Å². The number of carbonyl (C=O) groups is 1. The summed E-state index contributed by atoms with van der Waals surface area (Å²) in [7, 11) is 0. The summed E-state index contributed by atoms with van der Waals surface area (Å²) in [6, 6.07) is 2.01. The van der Waals surface area contributed by atoms with Gasteiger partial charge in [-0.15, -0.1) is 0 Å². The molecule has 0 aromatic rings. The lowest BCUT2D eigenvalue weighted by molar-refractivity contribution is -0.123. The average Bonchev–Trinajstić information content (AvgIpc) is 2.10. The first kappa shape index (κ1) is 12.0. The normalized spacial score (nSPS) is 12.2. The molecule has 1 N–H and O–H groups in total. The molecule has 3 heteroatoms. The molecule has 0 aliphatic carbocycles. The SMILES string of the molecule is CCCC(C#N)C(=O)NCC(C)C. The molecule has 0 spiro atoms. The molecular weight excluding hydrogens is 164 g/mol. The summed E-state index contributed by atoms with van der Waals surface area (Å²) in [5, 5.41) is 11.4. The molecule has 1 unspecified atom stereocenters. The lowest BCUT2D eigenvalue weighted by Gasteiger charge is -2.10. The van der Waals surface area contributed by atoms with Crippen LogP contribution in [0.4, 0.5) is 0 Å². The Morgan fingerprint density at radius 1 is 1.54 bits per heavy atom. The van der Waals surface area contributed by atoms with Crippen LogP contribution in [0, 0.1) is 23.2 Å². The molecule has 0 aromatic heterocycles. The number of rotatable bonds is 5. The van der Waals surface area contributed by atoms with E-state index in [1.165, 1.54) is 0 Å². The van der Waals surface area contributed by atoms with Crippen LogP contribution in [-0.4, -0.2) is 12.5 Å². The van der Waals surface area contributed by atoms with Gasteiger partial charge in [-0.2, -0.15) is 5.26 Å². The van der Waals surface area contributed by atoms with E-state index in [0.29, 0.717) is 18.9 Å². The predicted octanol–water partition coefficient (Wildman–Crippen LogP) is 1.70. The summed E-state index contributed by atoms with van der Waals surface area (Å²) in [5.41, 5.74) is 0. The highest BCUT2D eigenvalue weighted by Crippen LogP contribution is 2.04. The van der Waals surface area contributed by atoms with Gasteiger partial charge in [0.15, 0.2) is 0 Å². The molecule has 0 radical (unpaired) electrons. The van der Waals surface area contributed by atoms with Gasteiger partial charge >= 0.3 is 0 Å². The molecule has 0 bridgehead atoms. The number of nitrogens with zero attached hydrogens (tertiary/aromatic N) is 1. The topological polar surface area (TPSA) is 52.9 Å². The van der Waals surface area contributed by atoms with Crippen LogP contribution in [0.2, 0.25) is 0 Å². The molecule has 0 aliphatic heterocycles. The van der Waals surface area contributed by atoms with Crippen molar-refractivity contribution in [3.8, 4) is 6.07 Å². The van der Waals surface area contributed by atoms with Crippen LogP contribution >= 0.6 is 0 Å². The number of hydrogen-bond acceptors (Lipinski definition) is 2. The quantitative estimate of drug-likeness (QED) is 0.703. The summed E-state index contributed by atoms with van der Waals surface area (Å²) in [6.07, 6.45) is 1.52. The summed E-state index contributed by atoms with van der Waals surface area (Å²) >= 11 is 0. The van der Waals surface area contributed by atoms with Crippen LogP contribution in [-0.2, 0) is 4.79 Å². The molecule has 1 amide bonds. The highest BCUT2D eigenvalue weighted by Gasteiger charge is 2.15. The molecule has 0 fully saturated rings. The van der Waals surface area contributed by atoms with Gasteiger partial charge in [-0.1, -0.05) is 27.2 Å². The number of hydrogen-bond donors (Lipinski definition) is 1. The predicted molar refractivity (Wildman–Crippen MR) is 51.9 cm³/mol. The molecule has 0 aromatic carbocycles. The molecular formula is C10H18N2O. The van der Waals surface area contributed by atoms with Crippen LogP contribution in [0.5, 0.6) is 0 Å². The summed E-state index contributed by atoms with van der Waals surface area (Å²) in [4.78, 5) is 11.3. The first-order chi connectivity index (χ1) is 6.11. The molecule has 1 atom stereocenters. The summed E-state index contributed by atoms with van der Waals surface area (Å²) in [6.45, 7) is 6.68. The van der Waals surface area contributed by atoms with Crippen LogP contribution in [0.15, 0.2) is 0 Å². The van der Waals surface area contributed by atoms with Crippen molar-refractivity contribution in [2.45, 2.75) is 33.6 Å². The zero-order valence-electron chi connectivity index (χ0n) is 8.63. The third-order valence-electron chi connectivity index (χ3n) is 1.73. The highest BCUT2D eigenvalue weighted by atomic mass is 16.1. The Morgan fingerprint density at radius 2 is 2.15 bits per heavy atom. The van der Waals surface area contributed by atoms with E-state index in [0.717, 1.165) is 6.42 Å². The van der Waals surface area contributed by atoms with Crippen molar-refractivity contribution in [2.24, 2.45) is 11.8 Å². The number of nitriles is 1. The van der Waals surface area contributed by atoms with Crippen LogP contribution in [0.1, 0.15) is 33.6 Å². The van der Waals surface area contributed by atoms with Gasteiger partial charge in [0.25, 0.3) is 0 Å². The maximum atomic E-state index is 11.3. The zero-order chi connectivity index (χ0) is 10.3. The average molecular weight is 182 g/mol. The maximum Gasteiger partial charge on any atom is 0.237 e. The Morgan fingerprint density at radius 3 is 2.54 bits per heavy atom. The van der Waals surface area contributed by atoms with Crippen molar-refractivity contribution >= 4 is 5.91 Å². The van der Waals surface area contributed by atoms with Gasteiger partial charge in [-0.05, 0) is 12.3 Å². The molecule has 0 rings (SSSR count). The van der Waals surface area contributed by atoms with Crippen LogP contribution in [0.25, 0.3) is 0 Å². The molecule has 0 saturated heterocycles. The molecule has 3 nitrogen and oxygen atoms in total. The summed E-state index contributed by atoms with van der Waals surface area (Å²) < 4.78 is 0. The Balaban J connectivity index is 3.86. The van der Waals surface area contributed by atoms with E-state index in [4.69, 9.17) is 5.26 Å². The van der Waals surface area contributed by atoms with Crippen molar-refractivity contribution < 1.29 is 4.79 Å². The molecule has 0 saturated carbocycles. The lowest BCUT2D eigenvalue weighted by atomic mass is 10.0. The number of nitrogens with one attached hydrogen (secondary N) is 1. The van der Waals surface area contributed by atoms with Crippen LogP contribution < -0.4 is 5.32 Å². The first-order valence-corrected chi connectivity index (χ1v) is 4.79.